The van der Waals surface area contributed by atoms with Crippen LogP contribution in [0.3, 0.4) is 0 Å². The van der Waals surface area contributed by atoms with E-state index in [4.69, 9.17) is 10.5 Å². The van der Waals surface area contributed by atoms with Crippen LogP contribution < -0.4 is 15.4 Å². The lowest BCUT2D eigenvalue weighted by molar-refractivity contribution is 0.378. The van der Waals surface area contributed by atoms with E-state index < -0.39 is 0 Å². The average Bonchev–Trinajstić information content (AvgIpc) is 2.96. The van der Waals surface area contributed by atoms with Gasteiger partial charge in [0.25, 0.3) is 0 Å². The number of H-pyrrole nitrogens is 1. The Morgan fingerprint density at radius 1 is 1.35 bits per heavy atom. The Morgan fingerprint density at radius 2 is 2.04 bits per heavy atom. The summed E-state index contributed by atoms with van der Waals surface area (Å²) in [6, 6.07) is 10.3. The fourth-order valence-corrected chi connectivity index (χ4v) is 2.88. The number of rotatable bonds is 3. The molecule has 0 aliphatic carbocycles. The van der Waals surface area contributed by atoms with Gasteiger partial charge in [-0.05, 0) is 24.1 Å². The number of aryl methyl sites for hydroxylation is 1. The lowest BCUT2D eigenvalue weighted by Gasteiger charge is -2.24. The molecule has 118 valence electrons. The maximum Gasteiger partial charge on any atom is 0.244 e. The van der Waals surface area contributed by atoms with E-state index in [1.807, 2.05) is 50.2 Å². The molecule has 1 aromatic heterocycles. The number of nitrogens with zero attached hydrogens (tertiary/aromatic N) is 3. The normalized spacial score (nSPS) is 16.5. The highest BCUT2D eigenvalue weighted by molar-refractivity contribution is 5.57. The van der Waals surface area contributed by atoms with Gasteiger partial charge in [0, 0.05) is 31.0 Å². The van der Waals surface area contributed by atoms with Crippen LogP contribution in [-0.2, 0) is 6.42 Å². The molecule has 0 saturated heterocycles. The predicted molar refractivity (Wildman–Crippen MR) is 88.0 cm³/mol. The molecule has 2 heterocycles. The number of hydrogen-bond donors (Lipinski definition) is 2. The molecule has 0 fully saturated rings. The molecule has 3 rings (SSSR count). The summed E-state index contributed by atoms with van der Waals surface area (Å²) >= 11 is 0. The Hall–Kier alpha value is -2.94. The van der Waals surface area contributed by atoms with E-state index in [1.54, 1.807) is 0 Å². The first-order chi connectivity index (χ1) is 11.1. The zero-order valence-corrected chi connectivity index (χ0v) is 13.4. The summed E-state index contributed by atoms with van der Waals surface area (Å²) in [7, 11) is 3.98. The molecule has 1 aromatic carbocycles. The third kappa shape index (κ3) is 2.40. The standard InChI is InChI=1S/C17H19N5O/c1-4-13-15-14(10-5-7-11(8-6-10)22(2)3)12(9-18)16(19)23-17(15)21-20-13/h5-8,14H,4,19H2,1-3H3,(H,20,21)/t14-/m0/s1. The first-order valence-corrected chi connectivity index (χ1v) is 7.48. The molecule has 1 aliphatic rings. The zero-order valence-electron chi connectivity index (χ0n) is 13.4. The monoisotopic (exact) mass is 309 g/mol. The second-order valence-electron chi connectivity index (χ2n) is 5.69. The number of hydrogen-bond acceptors (Lipinski definition) is 5. The van der Waals surface area contributed by atoms with Gasteiger partial charge in [-0.2, -0.15) is 5.26 Å². The van der Waals surface area contributed by atoms with Crippen LogP contribution in [0.25, 0.3) is 0 Å². The molecular formula is C17H19N5O. The summed E-state index contributed by atoms with van der Waals surface area (Å²) < 4.78 is 5.52. The molecule has 2 aromatic rings. The fraction of sp³-hybridized carbons (Fsp3) is 0.294. The van der Waals surface area contributed by atoms with Crippen molar-refractivity contribution in [3.8, 4) is 11.9 Å². The molecule has 0 unspecified atom stereocenters. The van der Waals surface area contributed by atoms with E-state index >= 15 is 0 Å². The van der Waals surface area contributed by atoms with Gasteiger partial charge in [0.2, 0.25) is 11.8 Å². The first kappa shape index (κ1) is 15.0. The second kappa shape index (κ2) is 5.69. The van der Waals surface area contributed by atoms with Crippen LogP contribution in [0, 0.1) is 11.3 Å². The minimum Gasteiger partial charge on any atom is -0.420 e. The van der Waals surface area contributed by atoms with Crippen LogP contribution in [0.15, 0.2) is 35.7 Å². The molecule has 0 radical (unpaired) electrons. The highest BCUT2D eigenvalue weighted by Crippen LogP contribution is 2.43. The third-order valence-corrected chi connectivity index (χ3v) is 4.11. The minimum atomic E-state index is -0.256. The van der Waals surface area contributed by atoms with Gasteiger partial charge < -0.3 is 15.4 Å². The number of aromatic nitrogens is 2. The maximum atomic E-state index is 9.56. The van der Waals surface area contributed by atoms with Gasteiger partial charge in [-0.15, -0.1) is 5.10 Å². The Morgan fingerprint density at radius 3 is 2.61 bits per heavy atom. The van der Waals surface area contributed by atoms with Gasteiger partial charge in [-0.25, -0.2) is 0 Å². The van der Waals surface area contributed by atoms with Gasteiger partial charge in [0.15, 0.2) is 0 Å². The van der Waals surface area contributed by atoms with Crippen LogP contribution in [-0.4, -0.2) is 24.3 Å². The highest BCUT2D eigenvalue weighted by atomic mass is 16.5. The van der Waals surface area contributed by atoms with Crippen molar-refractivity contribution in [3.63, 3.8) is 0 Å². The van der Waals surface area contributed by atoms with Crippen molar-refractivity contribution in [1.29, 1.82) is 5.26 Å². The van der Waals surface area contributed by atoms with Crippen LogP contribution in [0.5, 0.6) is 5.88 Å². The van der Waals surface area contributed by atoms with Crippen LogP contribution >= 0.6 is 0 Å². The number of benzene rings is 1. The van der Waals surface area contributed by atoms with Gasteiger partial charge in [-0.3, -0.25) is 5.10 Å². The molecule has 0 amide bonds. The van der Waals surface area contributed by atoms with Crippen molar-refractivity contribution in [1.82, 2.24) is 10.2 Å². The summed E-state index contributed by atoms with van der Waals surface area (Å²) in [6.45, 7) is 2.04. The highest BCUT2D eigenvalue weighted by Gasteiger charge is 2.34. The predicted octanol–water partition coefficient (Wildman–Crippen LogP) is 2.26. The summed E-state index contributed by atoms with van der Waals surface area (Å²) in [5, 5.41) is 16.7. The largest absolute Gasteiger partial charge is 0.420 e. The SMILES string of the molecule is CCc1[nH]nc2c1[C@@H](c1ccc(N(C)C)cc1)C(C#N)=C(N)O2. The number of nitrogens with two attached hydrogens (primary N) is 1. The van der Waals surface area contributed by atoms with E-state index in [9.17, 15) is 5.26 Å². The lowest BCUT2D eigenvalue weighted by Crippen LogP contribution is -2.21. The number of aromatic amines is 1. The molecule has 1 aliphatic heterocycles. The van der Waals surface area contributed by atoms with E-state index in [0.717, 1.165) is 28.9 Å². The zero-order chi connectivity index (χ0) is 16.6. The Balaban J connectivity index is 2.15. The lowest BCUT2D eigenvalue weighted by atomic mass is 9.83. The van der Waals surface area contributed by atoms with Crippen LogP contribution in [0.2, 0.25) is 0 Å². The molecule has 6 nitrogen and oxygen atoms in total. The van der Waals surface area contributed by atoms with Crippen molar-refractivity contribution in [2.24, 2.45) is 5.73 Å². The minimum absolute atomic E-state index is 0.121. The number of anilines is 1. The number of nitrogens with one attached hydrogen (secondary N) is 1. The Labute approximate surface area is 135 Å². The molecule has 0 spiro atoms. The number of nitriles is 1. The van der Waals surface area contributed by atoms with E-state index in [2.05, 4.69) is 16.3 Å². The number of allylic oxidation sites excluding steroid dienone is 1. The fourth-order valence-electron chi connectivity index (χ4n) is 2.88. The Bertz CT molecular complexity index is 795. The van der Waals surface area contributed by atoms with Gasteiger partial charge in [-0.1, -0.05) is 19.1 Å². The smallest absolute Gasteiger partial charge is 0.244 e. The average molecular weight is 309 g/mol. The summed E-state index contributed by atoms with van der Waals surface area (Å²) in [5.41, 5.74) is 10.3. The van der Waals surface area contributed by atoms with Crippen molar-refractivity contribution >= 4 is 5.69 Å². The third-order valence-electron chi connectivity index (χ3n) is 4.11. The van der Waals surface area contributed by atoms with Crippen molar-refractivity contribution < 1.29 is 4.74 Å². The molecule has 23 heavy (non-hydrogen) atoms. The summed E-state index contributed by atoms with van der Waals surface area (Å²) in [6.07, 6.45) is 0.774. The van der Waals surface area contributed by atoms with Gasteiger partial charge in [0.1, 0.15) is 11.6 Å². The Kier molecular flexibility index (Phi) is 3.70. The molecule has 1 atom stereocenters. The topological polar surface area (TPSA) is 91.0 Å². The molecular weight excluding hydrogens is 290 g/mol. The first-order valence-electron chi connectivity index (χ1n) is 7.48. The second-order valence-corrected chi connectivity index (χ2v) is 5.69. The van der Waals surface area contributed by atoms with Crippen molar-refractivity contribution in [2.75, 3.05) is 19.0 Å². The van der Waals surface area contributed by atoms with E-state index in [-0.39, 0.29) is 11.8 Å². The molecule has 6 heteroatoms. The summed E-state index contributed by atoms with van der Waals surface area (Å²) in [5.74, 6) is 0.324. The molecule has 3 N–H and O–H groups in total. The number of fused-ring (bicyclic) bond motifs is 1. The van der Waals surface area contributed by atoms with Crippen LogP contribution in [0.1, 0.15) is 29.7 Å². The van der Waals surface area contributed by atoms with E-state index in [1.165, 1.54) is 0 Å². The number of ether oxygens (including phenoxy) is 1. The van der Waals surface area contributed by atoms with Gasteiger partial charge in [0.05, 0.1) is 5.92 Å². The van der Waals surface area contributed by atoms with E-state index in [0.29, 0.717) is 11.5 Å². The van der Waals surface area contributed by atoms with Crippen molar-refractivity contribution in [3.05, 3.63) is 52.5 Å². The van der Waals surface area contributed by atoms with Crippen LogP contribution in [0.4, 0.5) is 5.69 Å². The molecule has 0 saturated carbocycles. The quantitative estimate of drug-likeness (QED) is 0.907. The summed E-state index contributed by atoms with van der Waals surface area (Å²) in [4.78, 5) is 2.03. The molecule has 0 bridgehead atoms. The maximum absolute atomic E-state index is 9.56. The van der Waals surface area contributed by atoms with Crippen molar-refractivity contribution in [2.45, 2.75) is 19.3 Å². The van der Waals surface area contributed by atoms with Gasteiger partial charge >= 0.3 is 0 Å².